The number of rotatable bonds is 8. The van der Waals surface area contributed by atoms with Crippen LogP contribution in [0.1, 0.15) is 88.5 Å². The Bertz CT molecular complexity index is 1310. The van der Waals surface area contributed by atoms with Gasteiger partial charge in [-0.05, 0) is 60.5 Å². The van der Waals surface area contributed by atoms with Crippen molar-refractivity contribution in [3.05, 3.63) is 0 Å². The fraction of sp³-hybridized carbons (Fsp3) is 0.897. The van der Waals surface area contributed by atoms with Gasteiger partial charge in [0.05, 0.1) is 49.1 Å². The number of esters is 3. The maximum atomic E-state index is 14.1. The number of nitrogens with zero attached hydrogens (tertiary/aromatic N) is 1. The Balaban J connectivity index is 1.78. The average molecular weight is 772 g/mol. The average Bonchev–Trinajstić information content (AvgIpc) is 3.88. The summed E-state index contributed by atoms with van der Waals surface area (Å²) < 4.78 is 55.4. The van der Waals surface area contributed by atoms with E-state index in [0.29, 0.717) is 6.42 Å². The van der Waals surface area contributed by atoms with Crippen LogP contribution in [0.15, 0.2) is 0 Å². The van der Waals surface area contributed by atoms with Crippen molar-refractivity contribution >= 4 is 23.7 Å². The largest absolute Gasteiger partial charge is 0.462 e. The molecule has 4 fully saturated rings. The van der Waals surface area contributed by atoms with Crippen molar-refractivity contribution in [3.8, 4) is 0 Å². The zero-order chi connectivity index (χ0) is 40.4. The summed E-state index contributed by atoms with van der Waals surface area (Å²) in [5, 5.41) is 11.4. The smallest absolute Gasteiger partial charge is 0.311 e. The molecular weight excluding hydrogens is 706 g/mol. The molecule has 0 aliphatic carbocycles. The highest BCUT2D eigenvalue weighted by Crippen LogP contribution is 2.43. The minimum Gasteiger partial charge on any atom is -0.462 e. The normalized spacial score (nSPS) is 45.4. The van der Waals surface area contributed by atoms with Gasteiger partial charge in [-0.25, -0.2) is 0 Å². The zero-order valence-electron chi connectivity index (χ0n) is 34.3. The lowest BCUT2D eigenvalue weighted by Gasteiger charge is -2.46. The number of ketones is 1. The molecule has 4 aliphatic heterocycles. The number of hydrogen-bond acceptors (Lipinski definition) is 15. The number of carbonyl (C=O) groups is 4. The lowest BCUT2D eigenvalue weighted by atomic mass is 9.76. The number of Topliss-reactive ketones (excluding diaryl/α,β-unsaturated/α-hetero) is 1. The molecule has 54 heavy (non-hydrogen) atoms. The van der Waals surface area contributed by atoms with E-state index in [4.69, 9.17) is 42.6 Å². The van der Waals surface area contributed by atoms with E-state index in [1.807, 2.05) is 39.8 Å². The summed E-state index contributed by atoms with van der Waals surface area (Å²) in [5.74, 6) is -5.00. The van der Waals surface area contributed by atoms with Crippen LogP contribution >= 0.6 is 0 Å². The molecule has 0 aromatic rings. The molecule has 1 N–H and O–H groups in total. The second-order valence-electron chi connectivity index (χ2n) is 16.5. The SMILES string of the molecule is CO[C@H]1C[C@H](OC2[C@@H](C)C(=O)O[C@H](C)[C@H](C)[C@H](O)[C@@H](C)C(=O)[C@]3(CO3)C[C@H](C)[C@H](O[C@@H]3O[C@H](C)C[C@H](N(C)C)[C@H]3OC(C)=O)[C@H]2C)O[C@@H](C)[C@@H]1OC(C)=O. The van der Waals surface area contributed by atoms with E-state index in [1.165, 1.54) is 21.0 Å². The minimum atomic E-state index is -1.14. The highest BCUT2D eigenvalue weighted by Gasteiger charge is 2.57. The van der Waals surface area contributed by atoms with E-state index in [-0.39, 0.29) is 37.4 Å². The maximum absolute atomic E-state index is 14.1. The second-order valence-corrected chi connectivity index (χ2v) is 16.5. The summed E-state index contributed by atoms with van der Waals surface area (Å²) in [6, 6.07) is -0.230. The van der Waals surface area contributed by atoms with E-state index < -0.39 is 115 Å². The fourth-order valence-electron chi connectivity index (χ4n) is 8.55. The number of likely N-dealkylation sites (N-methyl/N-ethyl adjacent to an activating group) is 1. The number of ether oxygens (including phenoxy) is 9. The molecule has 15 heteroatoms. The lowest BCUT2D eigenvalue weighted by molar-refractivity contribution is -0.301. The predicted molar refractivity (Wildman–Crippen MR) is 193 cm³/mol. The van der Waals surface area contributed by atoms with Crippen molar-refractivity contribution in [1.29, 1.82) is 0 Å². The number of methoxy groups -OCH3 is 1. The zero-order valence-corrected chi connectivity index (χ0v) is 34.3. The number of aliphatic hydroxyl groups is 1. The molecule has 0 bridgehead atoms. The van der Waals surface area contributed by atoms with Crippen LogP contribution in [0.25, 0.3) is 0 Å². The number of cyclic esters (lactones) is 1. The van der Waals surface area contributed by atoms with Gasteiger partial charge in [-0.3, -0.25) is 19.2 Å². The Morgan fingerprint density at radius 3 is 1.96 bits per heavy atom. The third-order valence-electron chi connectivity index (χ3n) is 11.9. The highest BCUT2D eigenvalue weighted by atomic mass is 16.7. The van der Waals surface area contributed by atoms with Crippen molar-refractivity contribution in [2.45, 2.75) is 168 Å². The van der Waals surface area contributed by atoms with Crippen molar-refractivity contribution in [2.75, 3.05) is 27.8 Å². The molecule has 1 unspecified atom stereocenters. The minimum absolute atomic E-state index is 0.190. The van der Waals surface area contributed by atoms with Crippen LogP contribution in [0.4, 0.5) is 0 Å². The van der Waals surface area contributed by atoms with E-state index in [0.717, 1.165) is 0 Å². The summed E-state index contributed by atoms with van der Waals surface area (Å²) in [6.45, 7) is 17.2. The summed E-state index contributed by atoms with van der Waals surface area (Å²) >= 11 is 0. The number of carbonyl (C=O) groups excluding carboxylic acids is 4. The molecular formula is C39H65NO14. The van der Waals surface area contributed by atoms with Crippen molar-refractivity contribution in [3.63, 3.8) is 0 Å². The molecule has 4 aliphatic rings. The van der Waals surface area contributed by atoms with Crippen LogP contribution in [0.5, 0.6) is 0 Å². The molecule has 0 radical (unpaired) electrons. The molecule has 1 spiro atoms. The molecule has 15 nitrogen and oxygen atoms in total. The van der Waals surface area contributed by atoms with Gasteiger partial charge in [0, 0.05) is 45.1 Å². The van der Waals surface area contributed by atoms with Gasteiger partial charge in [0.1, 0.15) is 12.2 Å². The van der Waals surface area contributed by atoms with Gasteiger partial charge in [-0.2, -0.15) is 0 Å². The van der Waals surface area contributed by atoms with Crippen molar-refractivity contribution in [1.82, 2.24) is 4.90 Å². The summed E-state index contributed by atoms with van der Waals surface area (Å²) in [7, 11) is 5.33. The van der Waals surface area contributed by atoms with E-state index in [2.05, 4.69) is 0 Å². The number of epoxide rings is 1. The van der Waals surface area contributed by atoms with Crippen LogP contribution in [-0.2, 0) is 61.8 Å². The monoisotopic (exact) mass is 771 g/mol. The first-order valence-corrected chi connectivity index (χ1v) is 19.4. The second kappa shape index (κ2) is 18.4. The predicted octanol–water partition coefficient (Wildman–Crippen LogP) is 3.05. The van der Waals surface area contributed by atoms with E-state index in [1.54, 1.807) is 34.6 Å². The van der Waals surface area contributed by atoms with Gasteiger partial charge >= 0.3 is 17.9 Å². The molecule has 310 valence electrons. The Morgan fingerprint density at radius 2 is 1.41 bits per heavy atom. The summed E-state index contributed by atoms with van der Waals surface area (Å²) in [6.07, 6.45) is -7.27. The number of aliphatic hydroxyl groups excluding tert-OH is 1. The third-order valence-corrected chi connectivity index (χ3v) is 11.9. The van der Waals surface area contributed by atoms with Crippen LogP contribution in [0.2, 0.25) is 0 Å². The molecule has 18 atom stereocenters. The fourth-order valence-corrected chi connectivity index (χ4v) is 8.55. The van der Waals surface area contributed by atoms with Gasteiger partial charge in [0.15, 0.2) is 36.2 Å². The van der Waals surface area contributed by atoms with Crippen LogP contribution in [0.3, 0.4) is 0 Å². The quantitative estimate of drug-likeness (QED) is 0.216. The van der Waals surface area contributed by atoms with Crippen LogP contribution in [-0.4, -0.2) is 141 Å². The van der Waals surface area contributed by atoms with Crippen molar-refractivity contribution in [2.24, 2.45) is 29.6 Å². The third kappa shape index (κ3) is 10.2. The maximum Gasteiger partial charge on any atom is 0.311 e. The Labute approximate surface area is 320 Å². The van der Waals surface area contributed by atoms with Gasteiger partial charge in [0.2, 0.25) is 0 Å². The van der Waals surface area contributed by atoms with Gasteiger partial charge in [0.25, 0.3) is 0 Å². The highest BCUT2D eigenvalue weighted by molar-refractivity contribution is 5.92. The van der Waals surface area contributed by atoms with Gasteiger partial charge < -0.3 is 52.6 Å². The van der Waals surface area contributed by atoms with E-state index in [9.17, 15) is 24.3 Å². The van der Waals surface area contributed by atoms with E-state index >= 15 is 0 Å². The Kier molecular flexibility index (Phi) is 15.1. The van der Waals surface area contributed by atoms with Gasteiger partial charge in [-0.1, -0.05) is 27.7 Å². The molecule has 0 aromatic heterocycles. The van der Waals surface area contributed by atoms with Gasteiger partial charge in [-0.15, -0.1) is 0 Å². The van der Waals surface area contributed by atoms with Crippen molar-refractivity contribution < 1.29 is 66.9 Å². The lowest BCUT2D eigenvalue weighted by Crippen LogP contribution is -2.58. The standard InChI is InChI=1S/C39H65NO14/c1-18-16-39(17-47-39)36(44)21(4)31(43)20(3)24(7)50-37(45)23(6)33(53-30-15-29(46-13)34(25(8)49-30)51-26(9)41)22(5)32(18)54-38-35(52-27(10)42)28(40(11)12)14-19(2)48-38/h18-25,28-35,38,43H,14-17H2,1-13H3/t18-,19+,20-,21+,22+,23+,24+,25-,28-,29-,30-,31-,32-,33?,34-,35+,38-,39+/m0/s1. The van der Waals surface area contributed by atoms with Crippen LogP contribution < -0.4 is 0 Å². The topological polar surface area (TPSA) is 178 Å². The molecule has 0 amide bonds. The Hall–Kier alpha value is -2.24. The summed E-state index contributed by atoms with van der Waals surface area (Å²) in [5.41, 5.74) is -1.14. The first-order chi connectivity index (χ1) is 25.2. The summed E-state index contributed by atoms with van der Waals surface area (Å²) in [4.78, 5) is 54.4. The number of hydrogen-bond donors (Lipinski definition) is 1. The molecule has 4 saturated heterocycles. The Morgan fingerprint density at radius 1 is 0.796 bits per heavy atom. The first kappa shape index (κ1) is 44.5. The molecule has 4 heterocycles. The van der Waals surface area contributed by atoms with Crippen LogP contribution in [0, 0.1) is 29.6 Å². The molecule has 4 rings (SSSR count). The molecule has 0 aromatic carbocycles. The molecule has 0 saturated carbocycles. The first-order valence-electron chi connectivity index (χ1n) is 19.4.